The van der Waals surface area contributed by atoms with E-state index in [1.54, 1.807) is 0 Å². The Morgan fingerprint density at radius 2 is 2.12 bits per heavy atom. The van der Waals surface area contributed by atoms with Crippen LogP contribution < -0.4 is 10.6 Å². The van der Waals surface area contributed by atoms with Crippen LogP contribution in [0.3, 0.4) is 0 Å². The van der Waals surface area contributed by atoms with Gasteiger partial charge in [-0.25, -0.2) is 4.98 Å². The number of hydrogen-bond acceptors (Lipinski definition) is 4. The molecule has 4 nitrogen and oxygen atoms in total. The lowest BCUT2D eigenvalue weighted by atomic mass is 10.2. The molecular weight excluding hydrogens is 200 g/mol. The van der Waals surface area contributed by atoms with Crippen LogP contribution >= 0.6 is 0 Å². The van der Waals surface area contributed by atoms with Crippen molar-refractivity contribution in [2.45, 2.75) is 45.6 Å². The monoisotopic (exact) mass is 220 g/mol. The van der Waals surface area contributed by atoms with Gasteiger partial charge < -0.3 is 10.6 Å². The molecule has 0 atom stereocenters. The van der Waals surface area contributed by atoms with Crippen LogP contribution in [0.1, 0.15) is 38.2 Å². The zero-order chi connectivity index (χ0) is 11.4. The molecule has 0 bridgehead atoms. The fraction of sp³-hybridized carbons (Fsp3) is 0.667. The van der Waals surface area contributed by atoms with Gasteiger partial charge in [0.05, 0.1) is 0 Å². The first kappa shape index (κ1) is 11.2. The van der Waals surface area contributed by atoms with Crippen LogP contribution in [-0.4, -0.2) is 22.6 Å². The van der Waals surface area contributed by atoms with Gasteiger partial charge in [0.1, 0.15) is 5.82 Å². The molecule has 4 heteroatoms. The molecule has 0 unspecified atom stereocenters. The fourth-order valence-corrected chi connectivity index (χ4v) is 2.09. The van der Waals surface area contributed by atoms with Crippen LogP contribution in [-0.2, 0) is 0 Å². The number of aryl methyl sites for hydroxylation is 1. The number of nitrogens with zero attached hydrogens (tertiary/aromatic N) is 2. The zero-order valence-electron chi connectivity index (χ0n) is 10.1. The summed E-state index contributed by atoms with van der Waals surface area (Å²) in [6, 6.07) is 0.600. The molecule has 0 amide bonds. The number of aromatic nitrogens is 2. The van der Waals surface area contributed by atoms with Gasteiger partial charge in [0.25, 0.3) is 0 Å². The van der Waals surface area contributed by atoms with Crippen molar-refractivity contribution in [3.8, 4) is 0 Å². The first-order valence-electron chi connectivity index (χ1n) is 6.13. The molecule has 0 saturated heterocycles. The van der Waals surface area contributed by atoms with Crippen LogP contribution in [0, 0.1) is 6.92 Å². The maximum absolute atomic E-state index is 4.49. The van der Waals surface area contributed by atoms with E-state index >= 15 is 0 Å². The lowest BCUT2D eigenvalue weighted by Gasteiger charge is -2.15. The highest BCUT2D eigenvalue weighted by Crippen LogP contribution is 2.23. The van der Waals surface area contributed by atoms with Gasteiger partial charge in [-0.3, -0.25) is 0 Å². The fourth-order valence-electron chi connectivity index (χ4n) is 2.09. The van der Waals surface area contributed by atoms with Gasteiger partial charge in [-0.1, -0.05) is 12.8 Å². The average Bonchev–Trinajstić information content (AvgIpc) is 2.76. The number of anilines is 2. The molecule has 1 aliphatic rings. The number of nitrogens with one attached hydrogen (secondary N) is 2. The van der Waals surface area contributed by atoms with E-state index in [1.807, 2.05) is 20.0 Å². The van der Waals surface area contributed by atoms with Crippen LogP contribution in [0.25, 0.3) is 0 Å². The first-order chi connectivity index (χ1) is 7.79. The van der Waals surface area contributed by atoms with E-state index in [4.69, 9.17) is 0 Å². The van der Waals surface area contributed by atoms with Crippen LogP contribution in [0.15, 0.2) is 6.20 Å². The van der Waals surface area contributed by atoms with Crippen molar-refractivity contribution < 1.29 is 0 Å². The highest BCUT2D eigenvalue weighted by atomic mass is 15.1. The second kappa shape index (κ2) is 5.14. The normalized spacial score (nSPS) is 16.4. The minimum absolute atomic E-state index is 0.600. The summed E-state index contributed by atoms with van der Waals surface area (Å²) < 4.78 is 0. The van der Waals surface area contributed by atoms with Gasteiger partial charge in [-0.15, -0.1) is 0 Å². The second-order valence-corrected chi connectivity index (χ2v) is 4.38. The Hall–Kier alpha value is -1.32. The van der Waals surface area contributed by atoms with Gasteiger partial charge in [0.15, 0.2) is 0 Å². The minimum Gasteiger partial charge on any atom is -0.367 e. The topological polar surface area (TPSA) is 49.8 Å². The maximum atomic E-state index is 4.49. The molecule has 1 aromatic rings. The molecule has 0 aliphatic heterocycles. The Morgan fingerprint density at radius 1 is 1.38 bits per heavy atom. The maximum Gasteiger partial charge on any atom is 0.224 e. The summed E-state index contributed by atoms with van der Waals surface area (Å²) in [4.78, 5) is 8.73. The van der Waals surface area contributed by atoms with Crippen molar-refractivity contribution in [1.29, 1.82) is 0 Å². The van der Waals surface area contributed by atoms with Crippen molar-refractivity contribution >= 4 is 11.8 Å². The number of hydrogen-bond donors (Lipinski definition) is 2. The molecular formula is C12H20N4. The Bertz CT molecular complexity index is 345. The SMILES string of the molecule is CCNc1ncc(C)c(NC2CCCC2)n1. The van der Waals surface area contributed by atoms with Crippen molar-refractivity contribution in [3.05, 3.63) is 11.8 Å². The highest BCUT2D eigenvalue weighted by molar-refractivity contribution is 5.47. The van der Waals surface area contributed by atoms with Crippen LogP contribution in [0.2, 0.25) is 0 Å². The van der Waals surface area contributed by atoms with Gasteiger partial charge in [-0.05, 0) is 26.7 Å². The molecule has 0 radical (unpaired) electrons. The molecule has 88 valence electrons. The molecule has 2 rings (SSSR count). The van der Waals surface area contributed by atoms with Crippen LogP contribution in [0.4, 0.5) is 11.8 Å². The lowest BCUT2D eigenvalue weighted by Crippen LogP contribution is -2.17. The zero-order valence-corrected chi connectivity index (χ0v) is 10.1. The van der Waals surface area contributed by atoms with Gasteiger partial charge >= 0.3 is 0 Å². The quantitative estimate of drug-likeness (QED) is 0.818. The van der Waals surface area contributed by atoms with E-state index in [1.165, 1.54) is 25.7 Å². The lowest BCUT2D eigenvalue weighted by molar-refractivity contribution is 0.748. The van der Waals surface area contributed by atoms with E-state index in [2.05, 4.69) is 20.6 Å². The van der Waals surface area contributed by atoms with E-state index in [0.29, 0.717) is 12.0 Å². The third kappa shape index (κ3) is 2.62. The Labute approximate surface area is 96.9 Å². The van der Waals surface area contributed by atoms with Crippen molar-refractivity contribution in [2.24, 2.45) is 0 Å². The molecule has 1 aromatic heterocycles. The number of rotatable bonds is 4. The molecule has 1 fully saturated rings. The second-order valence-electron chi connectivity index (χ2n) is 4.38. The molecule has 1 heterocycles. The smallest absolute Gasteiger partial charge is 0.224 e. The summed E-state index contributed by atoms with van der Waals surface area (Å²) in [7, 11) is 0. The van der Waals surface area contributed by atoms with Crippen molar-refractivity contribution in [3.63, 3.8) is 0 Å². The first-order valence-corrected chi connectivity index (χ1v) is 6.13. The third-order valence-corrected chi connectivity index (χ3v) is 3.00. The molecule has 16 heavy (non-hydrogen) atoms. The minimum atomic E-state index is 0.600. The van der Waals surface area contributed by atoms with E-state index in [9.17, 15) is 0 Å². The van der Waals surface area contributed by atoms with E-state index < -0.39 is 0 Å². The molecule has 0 spiro atoms. The highest BCUT2D eigenvalue weighted by Gasteiger charge is 2.16. The summed E-state index contributed by atoms with van der Waals surface area (Å²) in [6.07, 6.45) is 7.08. The van der Waals surface area contributed by atoms with Crippen molar-refractivity contribution in [2.75, 3.05) is 17.2 Å². The Morgan fingerprint density at radius 3 is 2.81 bits per heavy atom. The molecule has 1 saturated carbocycles. The predicted molar refractivity (Wildman–Crippen MR) is 66.8 cm³/mol. The summed E-state index contributed by atoms with van der Waals surface area (Å²) in [5.74, 6) is 1.70. The molecule has 2 N–H and O–H groups in total. The summed E-state index contributed by atoms with van der Waals surface area (Å²) in [6.45, 7) is 4.95. The van der Waals surface area contributed by atoms with Crippen LogP contribution in [0.5, 0.6) is 0 Å². The third-order valence-electron chi connectivity index (χ3n) is 3.00. The molecule has 1 aliphatic carbocycles. The summed E-state index contributed by atoms with van der Waals surface area (Å²) in [5, 5.41) is 6.65. The largest absolute Gasteiger partial charge is 0.367 e. The van der Waals surface area contributed by atoms with E-state index in [0.717, 1.165) is 17.9 Å². The standard InChI is InChI=1S/C12H20N4/c1-3-13-12-14-8-9(2)11(16-12)15-10-6-4-5-7-10/h8,10H,3-7H2,1-2H3,(H2,13,14,15,16). The van der Waals surface area contributed by atoms with Gasteiger partial charge in [-0.2, -0.15) is 4.98 Å². The van der Waals surface area contributed by atoms with Crippen molar-refractivity contribution in [1.82, 2.24) is 9.97 Å². The molecule has 0 aromatic carbocycles. The summed E-state index contributed by atoms with van der Waals surface area (Å²) >= 11 is 0. The Balaban J connectivity index is 2.08. The average molecular weight is 220 g/mol. The van der Waals surface area contributed by atoms with E-state index in [-0.39, 0.29) is 0 Å². The Kier molecular flexibility index (Phi) is 3.59. The van der Waals surface area contributed by atoms with Gasteiger partial charge in [0.2, 0.25) is 5.95 Å². The predicted octanol–water partition coefficient (Wildman–Crippen LogP) is 2.57. The summed E-state index contributed by atoms with van der Waals surface area (Å²) in [5.41, 5.74) is 1.12. The van der Waals surface area contributed by atoms with Gasteiger partial charge in [0, 0.05) is 24.3 Å².